The molecule has 2 aromatic rings. The lowest BCUT2D eigenvalue weighted by atomic mass is 10.2. The average molecular weight is 295 g/mol. The van der Waals surface area contributed by atoms with E-state index >= 15 is 0 Å². The van der Waals surface area contributed by atoms with E-state index in [1.165, 1.54) is 12.8 Å². The molecule has 1 aromatic carbocycles. The summed E-state index contributed by atoms with van der Waals surface area (Å²) < 4.78 is 5.15. The monoisotopic (exact) mass is 294 g/mol. The van der Waals surface area contributed by atoms with Crippen LogP contribution in [0.5, 0.6) is 5.75 Å². The van der Waals surface area contributed by atoms with Gasteiger partial charge in [0.25, 0.3) is 0 Å². The van der Waals surface area contributed by atoms with Gasteiger partial charge in [0.05, 0.1) is 17.8 Å². The summed E-state index contributed by atoms with van der Waals surface area (Å²) in [5.41, 5.74) is 2.13. The van der Waals surface area contributed by atoms with Gasteiger partial charge in [-0.1, -0.05) is 11.6 Å². The third-order valence-electron chi connectivity index (χ3n) is 3.10. The average Bonchev–Trinajstić information content (AvgIpc) is 3.13. The van der Waals surface area contributed by atoms with E-state index < -0.39 is 0 Å². The summed E-state index contributed by atoms with van der Waals surface area (Å²) in [6.07, 6.45) is 2.59. The van der Waals surface area contributed by atoms with Gasteiger partial charge in [0.2, 0.25) is 0 Å². The van der Waals surface area contributed by atoms with Crippen LogP contribution in [0.15, 0.2) is 23.6 Å². The van der Waals surface area contributed by atoms with Crippen molar-refractivity contribution in [1.82, 2.24) is 10.3 Å². The zero-order chi connectivity index (χ0) is 13.2. The fourth-order valence-electron chi connectivity index (χ4n) is 1.86. The maximum absolute atomic E-state index is 6.14. The van der Waals surface area contributed by atoms with Crippen LogP contribution in [-0.4, -0.2) is 18.1 Å². The van der Waals surface area contributed by atoms with Crippen LogP contribution in [0.25, 0.3) is 10.6 Å². The smallest absolute Gasteiger partial charge is 0.137 e. The Morgan fingerprint density at radius 1 is 1.47 bits per heavy atom. The fraction of sp³-hybridized carbons (Fsp3) is 0.357. The van der Waals surface area contributed by atoms with Gasteiger partial charge in [-0.25, -0.2) is 4.98 Å². The summed E-state index contributed by atoms with van der Waals surface area (Å²) in [4.78, 5) is 4.63. The lowest BCUT2D eigenvalue weighted by Crippen LogP contribution is -2.15. The van der Waals surface area contributed by atoms with Gasteiger partial charge < -0.3 is 10.1 Å². The van der Waals surface area contributed by atoms with Crippen molar-refractivity contribution in [2.45, 2.75) is 25.4 Å². The Labute approximate surface area is 121 Å². The number of nitrogens with one attached hydrogen (secondary N) is 1. The van der Waals surface area contributed by atoms with Crippen molar-refractivity contribution < 1.29 is 4.74 Å². The van der Waals surface area contributed by atoms with Crippen LogP contribution < -0.4 is 10.1 Å². The molecule has 3 nitrogen and oxygen atoms in total. The number of rotatable bonds is 5. The molecule has 100 valence electrons. The number of ether oxygens (including phenoxy) is 1. The van der Waals surface area contributed by atoms with Crippen molar-refractivity contribution >= 4 is 22.9 Å². The molecule has 1 saturated carbocycles. The Kier molecular flexibility index (Phi) is 3.73. The molecule has 0 bridgehead atoms. The molecule has 1 aromatic heterocycles. The summed E-state index contributed by atoms with van der Waals surface area (Å²) in [5, 5.41) is 7.18. The zero-order valence-corrected chi connectivity index (χ0v) is 12.2. The van der Waals surface area contributed by atoms with Crippen LogP contribution in [0.2, 0.25) is 5.02 Å². The Bertz CT molecular complexity index is 581. The quantitative estimate of drug-likeness (QED) is 0.912. The zero-order valence-electron chi connectivity index (χ0n) is 10.6. The van der Waals surface area contributed by atoms with Crippen LogP contribution in [-0.2, 0) is 6.54 Å². The third kappa shape index (κ3) is 3.08. The molecule has 0 saturated heterocycles. The van der Waals surface area contributed by atoms with E-state index in [9.17, 15) is 0 Å². The van der Waals surface area contributed by atoms with Crippen LogP contribution in [0.4, 0.5) is 0 Å². The normalized spacial score (nSPS) is 14.6. The van der Waals surface area contributed by atoms with Crippen molar-refractivity contribution in [2.75, 3.05) is 7.11 Å². The molecule has 1 aliphatic rings. The molecular formula is C14H15ClN2OS. The Hall–Kier alpha value is -1.10. The molecule has 0 radical (unpaired) electrons. The molecule has 1 N–H and O–H groups in total. The molecular weight excluding hydrogens is 280 g/mol. The van der Waals surface area contributed by atoms with Crippen molar-refractivity contribution in [1.29, 1.82) is 0 Å². The summed E-state index contributed by atoms with van der Waals surface area (Å²) >= 11 is 7.78. The first kappa shape index (κ1) is 12.9. The first-order valence-corrected chi connectivity index (χ1v) is 7.53. The minimum absolute atomic E-state index is 0.618. The number of thiazole rings is 1. The highest BCUT2D eigenvalue weighted by atomic mass is 35.5. The van der Waals surface area contributed by atoms with E-state index in [-0.39, 0.29) is 0 Å². The first-order chi connectivity index (χ1) is 9.26. The van der Waals surface area contributed by atoms with Crippen LogP contribution in [0.3, 0.4) is 0 Å². The fourth-order valence-corrected chi connectivity index (χ4v) is 2.93. The van der Waals surface area contributed by atoms with Crippen LogP contribution >= 0.6 is 22.9 Å². The molecule has 1 fully saturated rings. The summed E-state index contributed by atoms with van der Waals surface area (Å²) in [6.45, 7) is 0.852. The van der Waals surface area contributed by atoms with Crippen molar-refractivity contribution in [3.8, 4) is 16.3 Å². The second-order valence-corrected chi connectivity index (χ2v) is 5.91. The predicted molar refractivity (Wildman–Crippen MR) is 79.0 cm³/mol. The molecule has 0 spiro atoms. The Morgan fingerprint density at radius 3 is 3.00 bits per heavy atom. The molecule has 1 heterocycles. The number of nitrogens with zero attached hydrogens (tertiary/aromatic N) is 1. The van der Waals surface area contributed by atoms with Gasteiger partial charge in [-0.3, -0.25) is 0 Å². The number of halogens is 1. The predicted octanol–water partition coefficient (Wildman–Crippen LogP) is 3.72. The summed E-state index contributed by atoms with van der Waals surface area (Å²) in [5.74, 6) is 0.692. The van der Waals surface area contributed by atoms with Crippen LogP contribution in [0.1, 0.15) is 18.5 Å². The molecule has 0 aliphatic heterocycles. The molecule has 0 unspecified atom stereocenters. The summed E-state index contributed by atoms with van der Waals surface area (Å²) in [7, 11) is 1.62. The molecule has 3 rings (SSSR count). The minimum Gasteiger partial charge on any atom is -0.495 e. The molecule has 1 aliphatic carbocycles. The van der Waals surface area contributed by atoms with Crippen molar-refractivity contribution in [2.24, 2.45) is 0 Å². The van der Waals surface area contributed by atoms with Crippen LogP contribution in [0, 0.1) is 0 Å². The van der Waals surface area contributed by atoms with Gasteiger partial charge in [0.15, 0.2) is 0 Å². The minimum atomic E-state index is 0.618. The highest BCUT2D eigenvalue weighted by Crippen LogP contribution is 2.31. The number of hydrogen-bond donors (Lipinski definition) is 1. The molecule has 19 heavy (non-hydrogen) atoms. The maximum Gasteiger partial charge on any atom is 0.137 e. The van der Waals surface area contributed by atoms with E-state index in [4.69, 9.17) is 16.3 Å². The second-order valence-electron chi connectivity index (χ2n) is 4.65. The summed E-state index contributed by atoms with van der Waals surface area (Å²) in [6, 6.07) is 6.47. The lowest BCUT2D eigenvalue weighted by molar-refractivity contribution is 0.415. The van der Waals surface area contributed by atoms with E-state index in [0.29, 0.717) is 16.8 Å². The van der Waals surface area contributed by atoms with Gasteiger partial charge in [0.1, 0.15) is 10.8 Å². The molecule has 5 heteroatoms. The number of aromatic nitrogens is 1. The highest BCUT2D eigenvalue weighted by molar-refractivity contribution is 7.13. The standard InChI is InChI=1S/C14H15ClN2OS/c1-18-13-5-2-9(6-12(13)15)14-17-11(8-19-14)7-16-10-3-4-10/h2,5-6,8,10,16H,3-4,7H2,1H3. The largest absolute Gasteiger partial charge is 0.495 e. The lowest BCUT2D eigenvalue weighted by Gasteiger charge is -2.04. The topological polar surface area (TPSA) is 34.1 Å². The van der Waals surface area contributed by atoms with Gasteiger partial charge in [-0.2, -0.15) is 0 Å². The first-order valence-electron chi connectivity index (χ1n) is 6.28. The number of hydrogen-bond acceptors (Lipinski definition) is 4. The third-order valence-corrected chi connectivity index (χ3v) is 4.34. The SMILES string of the molecule is COc1ccc(-c2nc(CNC3CC3)cs2)cc1Cl. The maximum atomic E-state index is 6.14. The Morgan fingerprint density at radius 2 is 2.32 bits per heavy atom. The van der Waals surface area contributed by atoms with E-state index in [1.54, 1.807) is 18.4 Å². The van der Waals surface area contributed by atoms with Gasteiger partial charge >= 0.3 is 0 Å². The van der Waals surface area contributed by atoms with Crippen molar-refractivity contribution in [3.05, 3.63) is 34.3 Å². The van der Waals surface area contributed by atoms with E-state index in [1.807, 2.05) is 18.2 Å². The Balaban J connectivity index is 1.75. The molecule has 0 atom stereocenters. The molecule has 0 amide bonds. The second kappa shape index (κ2) is 5.49. The van der Waals surface area contributed by atoms with Gasteiger partial charge in [-0.05, 0) is 31.0 Å². The van der Waals surface area contributed by atoms with Crippen molar-refractivity contribution in [3.63, 3.8) is 0 Å². The van der Waals surface area contributed by atoms with Gasteiger partial charge in [0, 0.05) is 23.5 Å². The van der Waals surface area contributed by atoms with E-state index in [0.717, 1.165) is 22.8 Å². The number of methoxy groups -OCH3 is 1. The van der Waals surface area contributed by atoms with E-state index in [2.05, 4.69) is 15.7 Å². The number of benzene rings is 1. The van der Waals surface area contributed by atoms with Gasteiger partial charge in [-0.15, -0.1) is 11.3 Å². The highest BCUT2D eigenvalue weighted by Gasteiger charge is 2.20.